The third-order valence-corrected chi connectivity index (χ3v) is 2.35. The van der Waals surface area contributed by atoms with Crippen molar-refractivity contribution in [3.8, 4) is 0 Å². The van der Waals surface area contributed by atoms with E-state index in [0.29, 0.717) is 0 Å². The van der Waals surface area contributed by atoms with Gasteiger partial charge in [-0.2, -0.15) is 0 Å². The number of hydrogen-bond donors (Lipinski definition) is 0. The number of hydrogen-bond acceptors (Lipinski definition) is 1. The van der Waals surface area contributed by atoms with E-state index in [1.807, 2.05) is 6.92 Å². The van der Waals surface area contributed by atoms with E-state index < -0.39 is 0 Å². The van der Waals surface area contributed by atoms with Gasteiger partial charge in [0.15, 0.2) is 0 Å². The van der Waals surface area contributed by atoms with E-state index in [2.05, 4.69) is 51.0 Å². The lowest BCUT2D eigenvalue weighted by Crippen LogP contribution is -3.00. The summed E-state index contributed by atoms with van der Waals surface area (Å²) >= 11 is 0. The molecule has 3 heteroatoms. The maximum absolute atomic E-state index is 5.10. The van der Waals surface area contributed by atoms with Crippen LogP contribution < -0.4 is 12.4 Å². The Kier molecular flexibility index (Phi) is 12.2. The van der Waals surface area contributed by atoms with Crippen LogP contribution in [0.5, 0.6) is 0 Å². The minimum atomic E-state index is 0. The van der Waals surface area contributed by atoms with E-state index in [1.165, 1.54) is 5.56 Å². The summed E-state index contributed by atoms with van der Waals surface area (Å²) in [5, 5.41) is 0. The van der Waals surface area contributed by atoms with Crippen LogP contribution >= 0.6 is 0 Å². The molecule has 0 amide bonds. The molecular formula is C15H26ClNO. The van der Waals surface area contributed by atoms with Crippen LogP contribution in [0.1, 0.15) is 12.5 Å². The summed E-state index contributed by atoms with van der Waals surface area (Å²) in [6.45, 7) is 8.18. The van der Waals surface area contributed by atoms with Crippen molar-refractivity contribution in [3.05, 3.63) is 48.6 Å². The predicted octanol–water partition coefficient (Wildman–Crippen LogP) is 0.106. The molecule has 1 rings (SSSR count). The zero-order valence-corrected chi connectivity index (χ0v) is 12.8. The van der Waals surface area contributed by atoms with E-state index in [4.69, 9.17) is 4.74 Å². The second-order valence-electron chi connectivity index (χ2n) is 4.70. The first kappa shape index (κ1) is 19.5. The highest BCUT2D eigenvalue weighted by molar-refractivity contribution is 5.13. The summed E-state index contributed by atoms with van der Waals surface area (Å²) in [6, 6.07) is 10.6. The quantitative estimate of drug-likeness (QED) is 0.546. The minimum Gasteiger partial charge on any atom is -1.00 e. The van der Waals surface area contributed by atoms with Gasteiger partial charge in [-0.3, -0.25) is 0 Å². The van der Waals surface area contributed by atoms with Crippen LogP contribution in [0.3, 0.4) is 0 Å². The van der Waals surface area contributed by atoms with Crippen LogP contribution in [0.2, 0.25) is 0 Å². The maximum atomic E-state index is 5.10. The molecule has 1 aromatic rings. The van der Waals surface area contributed by atoms with Gasteiger partial charge in [0.2, 0.25) is 0 Å². The van der Waals surface area contributed by atoms with Gasteiger partial charge in [0.1, 0.15) is 13.1 Å². The first-order valence-corrected chi connectivity index (χ1v) is 5.97. The van der Waals surface area contributed by atoms with Gasteiger partial charge in [-0.1, -0.05) is 36.4 Å². The number of benzene rings is 1. The van der Waals surface area contributed by atoms with Crippen molar-refractivity contribution in [2.75, 3.05) is 34.4 Å². The standard InChI is InChI=1S/C12H20NO.C3H6.ClH/c1-13(2,9-10-14-3)11-12-7-5-4-6-8-12;1-3-2;/h4-8H,9-11H2,1-3H3;3H,1H2,2H3;1H/q+1;;/p-1. The fourth-order valence-electron chi connectivity index (χ4n) is 1.50. The van der Waals surface area contributed by atoms with Crippen molar-refractivity contribution < 1.29 is 21.6 Å². The highest BCUT2D eigenvalue weighted by Crippen LogP contribution is 2.08. The zero-order valence-electron chi connectivity index (χ0n) is 12.0. The number of likely N-dealkylation sites (N-methyl/N-ethyl adjacent to an activating group) is 1. The van der Waals surface area contributed by atoms with Gasteiger partial charge in [-0.25, -0.2) is 0 Å². The fraction of sp³-hybridized carbons (Fsp3) is 0.467. The Morgan fingerprint density at radius 3 is 2.17 bits per heavy atom. The van der Waals surface area contributed by atoms with Gasteiger partial charge >= 0.3 is 0 Å². The molecule has 0 aliphatic heterocycles. The lowest BCUT2D eigenvalue weighted by Gasteiger charge is -2.29. The molecule has 104 valence electrons. The SMILES string of the molecule is C=CC.COCC[N+](C)(C)Cc1ccccc1.[Cl-]. The molecule has 0 aliphatic carbocycles. The summed E-state index contributed by atoms with van der Waals surface area (Å²) in [4.78, 5) is 0. The van der Waals surface area contributed by atoms with Gasteiger partial charge in [0, 0.05) is 12.7 Å². The van der Waals surface area contributed by atoms with Crippen molar-refractivity contribution in [3.63, 3.8) is 0 Å². The molecule has 0 aromatic heterocycles. The molecule has 18 heavy (non-hydrogen) atoms. The Hall–Kier alpha value is -0.830. The third kappa shape index (κ3) is 10.3. The molecule has 0 heterocycles. The van der Waals surface area contributed by atoms with Crippen LogP contribution in [-0.4, -0.2) is 38.8 Å². The van der Waals surface area contributed by atoms with Gasteiger partial charge in [0.05, 0.1) is 20.7 Å². The van der Waals surface area contributed by atoms with Crippen molar-refractivity contribution in [1.82, 2.24) is 0 Å². The lowest BCUT2D eigenvalue weighted by atomic mass is 10.2. The predicted molar refractivity (Wildman–Crippen MR) is 74.9 cm³/mol. The Morgan fingerprint density at radius 1 is 1.22 bits per heavy atom. The first-order valence-electron chi connectivity index (χ1n) is 5.97. The summed E-state index contributed by atoms with van der Waals surface area (Å²) in [5.74, 6) is 0. The molecule has 2 nitrogen and oxygen atoms in total. The van der Waals surface area contributed by atoms with Crippen LogP contribution in [-0.2, 0) is 11.3 Å². The Labute approximate surface area is 118 Å². The number of rotatable bonds is 5. The molecule has 0 saturated carbocycles. The van der Waals surface area contributed by atoms with Crippen LogP contribution in [0.4, 0.5) is 0 Å². The Balaban J connectivity index is 0. The van der Waals surface area contributed by atoms with Crippen LogP contribution in [0.15, 0.2) is 43.0 Å². The number of methoxy groups -OCH3 is 1. The number of halogens is 1. The molecule has 0 saturated heterocycles. The third-order valence-electron chi connectivity index (χ3n) is 2.35. The second kappa shape index (κ2) is 11.3. The number of allylic oxidation sites excluding steroid dienone is 1. The molecule has 0 bridgehead atoms. The topological polar surface area (TPSA) is 9.23 Å². The number of quaternary nitrogens is 1. The molecule has 1 aromatic carbocycles. The van der Waals surface area contributed by atoms with Crippen LogP contribution in [0, 0.1) is 0 Å². The molecule has 0 fully saturated rings. The van der Waals surface area contributed by atoms with Gasteiger partial charge in [-0.15, -0.1) is 6.58 Å². The summed E-state index contributed by atoms with van der Waals surface area (Å²) in [6.07, 6.45) is 1.75. The largest absolute Gasteiger partial charge is 1.00 e. The lowest BCUT2D eigenvalue weighted by molar-refractivity contribution is -0.903. The summed E-state index contributed by atoms with van der Waals surface area (Å²) in [7, 11) is 6.21. The zero-order chi connectivity index (χ0) is 13.1. The Bertz CT molecular complexity index is 299. The van der Waals surface area contributed by atoms with Crippen molar-refractivity contribution in [2.45, 2.75) is 13.5 Å². The molecule has 0 spiro atoms. The average molecular weight is 272 g/mol. The molecular weight excluding hydrogens is 246 g/mol. The highest BCUT2D eigenvalue weighted by atomic mass is 35.5. The van der Waals surface area contributed by atoms with E-state index >= 15 is 0 Å². The van der Waals surface area contributed by atoms with Crippen LogP contribution in [0.25, 0.3) is 0 Å². The monoisotopic (exact) mass is 271 g/mol. The maximum Gasteiger partial charge on any atom is 0.104 e. The van der Waals surface area contributed by atoms with E-state index in [1.54, 1.807) is 13.2 Å². The highest BCUT2D eigenvalue weighted by Gasteiger charge is 2.14. The normalized spacial score (nSPS) is 9.78. The molecule has 0 unspecified atom stereocenters. The van der Waals surface area contributed by atoms with Crippen molar-refractivity contribution >= 4 is 0 Å². The van der Waals surface area contributed by atoms with Gasteiger partial charge < -0.3 is 21.6 Å². The second-order valence-corrected chi connectivity index (χ2v) is 4.70. The van der Waals surface area contributed by atoms with Crippen molar-refractivity contribution in [2.24, 2.45) is 0 Å². The van der Waals surface area contributed by atoms with Crippen molar-refractivity contribution in [1.29, 1.82) is 0 Å². The fourth-order valence-corrected chi connectivity index (χ4v) is 1.50. The van der Waals surface area contributed by atoms with E-state index in [-0.39, 0.29) is 12.4 Å². The van der Waals surface area contributed by atoms with Gasteiger partial charge in [0.25, 0.3) is 0 Å². The minimum absolute atomic E-state index is 0. The molecule has 0 aliphatic rings. The summed E-state index contributed by atoms with van der Waals surface area (Å²) < 4.78 is 6.07. The first-order chi connectivity index (χ1) is 8.05. The number of ether oxygens (including phenoxy) is 1. The average Bonchev–Trinajstić information content (AvgIpc) is 2.28. The van der Waals surface area contributed by atoms with E-state index in [0.717, 1.165) is 24.2 Å². The molecule has 0 radical (unpaired) electrons. The summed E-state index contributed by atoms with van der Waals surface area (Å²) in [5.41, 5.74) is 1.38. The van der Waals surface area contributed by atoms with E-state index in [9.17, 15) is 0 Å². The van der Waals surface area contributed by atoms with Gasteiger partial charge in [-0.05, 0) is 6.92 Å². The molecule has 0 atom stereocenters. The smallest absolute Gasteiger partial charge is 0.104 e. The molecule has 0 N–H and O–H groups in total. The Morgan fingerprint density at radius 2 is 1.72 bits per heavy atom. The number of nitrogens with zero attached hydrogens (tertiary/aromatic N) is 1.